The van der Waals surface area contributed by atoms with Crippen LogP contribution < -0.4 is 5.32 Å². The van der Waals surface area contributed by atoms with Crippen LogP contribution in [0.3, 0.4) is 0 Å². The van der Waals surface area contributed by atoms with Gasteiger partial charge in [0, 0.05) is 25.4 Å². The zero-order valence-corrected chi connectivity index (χ0v) is 9.30. The highest BCUT2D eigenvalue weighted by molar-refractivity contribution is 6.31. The van der Waals surface area contributed by atoms with E-state index in [1.165, 1.54) is 0 Å². The van der Waals surface area contributed by atoms with E-state index in [0.29, 0.717) is 18.0 Å². The molecule has 2 heterocycles. The number of pyridine rings is 1. The number of hydrogen-bond acceptors (Lipinski definition) is 3. The molecule has 15 heavy (non-hydrogen) atoms. The maximum atomic E-state index is 10.3. The van der Waals surface area contributed by atoms with Gasteiger partial charge in [-0.3, -0.25) is 4.98 Å². The molecule has 0 saturated carbocycles. The van der Waals surface area contributed by atoms with Crippen LogP contribution in [-0.2, 0) is 6.42 Å². The topological polar surface area (TPSA) is 45.2 Å². The number of halogens is 1. The van der Waals surface area contributed by atoms with E-state index in [4.69, 9.17) is 11.6 Å². The summed E-state index contributed by atoms with van der Waals surface area (Å²) in [5.74, 6) is 0. The van der Waals surface area contributed by atoms with Crippen molar-refractivity contribution >= 4 is 11.6 Å². The van der Waals surface area contributed by atoms with Gasteiger partial charge >= 0.3 is 0 Å². The van der Waals surface area contributed by atoms with Crippen molar-refractivity contribution in [3.05, 3.63) is 29.0 Å². The fraction of sp³-hybridized carbons (Fsp3) is 0.545. The standard InChI is InChI=1S/C11H15ClN2O/c12-10-7-13-5-2-9(10)6-11(15)3-1-4-14-8-11/h2,5,7,14-15H,1,3-4,6,8H2. The SMILES string of the molecule is OC1(Cc2ccncc2Cl)CCCNC1. The van der Waals surface area contributed by atoms with Gasteiger partial charge < -0.3 is 10.4 Å². The van der Waals surface area contributed by atoms with Gasteiger partial charge in [0.05, 0.1) is 10.6 Å². The molecular formula is C11H15ClN2O. The average molecular weight is 227 g/mol. The summed E-state index contributed by atoms with van der Waals surface area (Å²) >= 11 is 6.01. The lowest BCUT2D eigenvalue weighted by Gasteiger charge is -2.32. The number of rotatable bonds is 2. The summed E-state index contributed by atoms with van der Waals surface area (Å²) in [5.41, 5.74) is 0.321. The smallest absolute Gasteiger partial charge is 0.0812 e. The van der Waals surface area contributed by atoms with Crippen LogP contribution in [0.2, 0.25) is 5.02 Å². The van der Waals surface area contributed by atoms with Crippen LogP contribution in [-0.4, -0.2) is 28.8 Å². The normalized spacial score (nSPS) is 26.5. The first kappa shape index (κ1) is 10.9. The molecule has 1 unspecified atom stereocenters. The Labute approximate surface area is 94.5 Å². The van der Waals surface area contributed by atoms with Crippen molar-refractivity contribution < 1.29 is 5.11 Å². The van der Waals surface area contributed by atoms with Gasteiger partial charge in [0.25, 0.3) is 0 Å². The van der Waals surface area contributed by atoms with E-state index in [9.17, 15) is 5.11 Å². The Morgan fingerprint density at radius 1 is 1.60 bits per heavy atom. The minimum atomic E-state index is -0.650. The highest BCUT2D eigenvalue weighted by Crippen LogP contribution is 2.24. The number of nitrogens with one attached hydrogen (secondary N) is 1. The van der Waals surface area contributed by atoms with Gasteiger partial charge in [0.15, 0.2) is 0 Å². The lowest BCUT2D eigenvalue weighted by molar-refractivity contribution is 0.0169. The predicted octanol–water partition coefficient (Wildman–Crippen LogP) is 1.39. The Bertz CT molecular complexity index is 337. The van der Waals surface area contributed by atoms with E-state index >= 15 is 0 Å². The Balaban J connectivity index is 2.10. The van der Waals surface area contributed by atoms with Crippen molar-refractivity contribution in [1.29, 1.82) is 0 Å². The fourth-order valence-corrected chi connectivity index (χ4v) is 2.19. The van der Waals surface area contributed by atoms with Crippen LogP contribution in [0.1, 0.15) is 18.4 Å². The lowest BCUT2D eigenvalue weighted by atomic mass is 9.88. The fourth-order valence-electron chi connectivity index (χ4n) is 2.00. The van der Waals surface area contributed by atoms with Crippen molar-refractivity contribution in [2.24, 2.45) is 0 Å². The highest BCUT2D eigenvalue weighted by Gasteiger charge is 2.29. The Morgan fingerprint density at radius 2 is 2.47 bits per heavy atom. The Hall–Kier alpha value is -0.640. The molecule has 0 amide bonds. The van der Waals surface area contributed by atoms with Crippen molar-refractivity contribution in [1.82, 2.24) is 10.3 Å². The average Bonchev–Trinajstić information content (AvgIpc) is 2.22. The molecule has 0 bridgehead atoms. The zero-order valence-electron chi connectivity index (χ0n) is 8.54. The quantitative estimate of drug-likeness (QED) is 0.801. The van der Waals surface area contributed by atoms with E-state index in [0.717, 1.165) is 24.9 Å². The number of nitrogens with zero attached hydrogens (tertiary/aromatic N) is 1. The molecule has 0 aliphatic carbocycles. The molecule has 0 aromatic carbocycles. The van der Waals surface area contributed by atoms with Crippen molar-refractivity contribution in [2.45, 2.75) is 24.9 Å². The second kappa shape index (κ2) is 4.47. The Kier molecular flexibility index (Phi) is 3.24. The van der Waals surface area contributed by atoms with Crippen LogP contribution >= 0.6 is 11.6 Å². The maximum Gasteiger partial charge on any atom is 0.0812 e. The molecule has 1 fully saturated rings. The van der Waals surface area contributed by atoms with E-state index in [2.05, 4.69) is 10.3 Å². The van der Waals surface area contributed by atoms with E-state index in [1.54, 1.807) is 12.4 Å². The van der Waals surface area contributed by atoms with Gasteiger partial charge in [-0.1, -0.05) is 11.6 Å². The third-order valence-electron chi connectivity index (χ3n) is 2.83. The summed E-state index contributed by atoms with van der Waals surface area (Å²) in [7, 11) is 0. The number of hydrogen-bond donors (Lipinski definition) is 2. The second-order valence-corrected chi connectivity index (χ2v) is 4.56. The third-order valence-corrected chi connectivity index (χ3v) is 3.17. The van der Waals surface area contributed by atoms with Crippen molar-refractivity contribution in [3.63, 3.8) is 0 Å². The lowest BCUT2D eigenvalue weighted by Crippen LogP contribution is -2.47. The van der Waals surface area contributed by atoms with Crippen molar-refractivity contribution in [2.75, 3.05) is 13.1 Å². The van der Waals surface area contributed by atoms with Gasteiger partial charge in [-0.25, -0.2) is 0 Å². The largest absolute Gasteiger partial charge is 0.388 e. The minimum absolute atomic E-state index is 0.599. The summed E-state index contributed by atoms with van der Waals surface area (Å²) in [6.07, 6.45) is 5.77. The summed E-state index contributed by atoms with van der Waals surface area (Å²) in [6, 6.07) is 1.87. The monoisotopic (exact) mass is 226 g/mol. The third kappa shape index (κ3) is 2.68. The number of aromatic nitrogens is 1. The molecule has 0 spiro atoms. The predicted molar refractivity (Wildman–Crippen MR) is 60.0 cm³/mol. The first-order valence-electron chi connectivity index (χ1n) is 5.21. The first-order valence-corrected chi connectivity index (χ1v) is 5.59. The molecule has 82 valence electrons. The second-order valence-electron chi connectivity index (χ2n) is 4.15. The van der Waals surface area contributed by atoms with Crippen molar-refractivity contribution in [3.8, 4) is 0 Å². The molecule has 1 saturated heterocycles. The summed E-state index contributed by atoms with van der Waals surface area (Å²) in [4.78, 5) is 3.93. The molecule has 4 heteroatoms. The van der Waals surface area contributed by atoms with Crippen LogP contribution in [0.25, 0.3) is 0 Å². The number of β-amino-alcohol motifs (C(OH)–C–C–N with tert-alkyl or cyclic N) is 1. The van der Waals surface area contributed by atoms with Gasteiger partial charge in [-0.2, -0.15) is 0 Å². The molecular weight excluding hydrogens is 212 g/mol. The first-order chi connectivity index (χ1) is 7.20. The number of aliphatic hydroxyl groups is 1. The van der Waals surface area contributed by atoms with Gasteiger partial charge in [0.1, 0.15) is 0 Å². The van der Waals surface area contributed by atoms with Gasteiger partial charge in [-0.15, -0.1) is 0 Å². The maximum absolute atomic E-state index is 10.3. The number of piperidine rings is 1. The summed E-state index contributed by atoms with van der Waals surface area (Å²) in [5, 5.41) is 14.1. The van der Waals surface area contributed by atoms with Crippen LogP contribution in [0.4, 0.5) is 0 Å². The molecule has 0 radical (unpaired) electrons. The molecule has 1 aromatic heterocycles. The zero-order chi connectivity index (χ0) is 10.7. The van der Waals surface area contributed by atoms with Crippen LogP contribution in [0, 0.1) is 0 Å². The molecule has 1 aliphatic rings. The summed E-state index contributed by atoms with van der Waals surface area (Å²) < 4.78 is 0. The van der Waals surface area contributed by atoms with E-state index < -0.39 is 5.60 Å². The summed E-state index contributed by atoms with van der Waals surface area (Å²) in [6.45, 7) is 1.64. The van der Waals surface area contributed by atoms with Gasteiger partial charge in [0.2, 0.25) is 0 Å². The molecule has 2 rings (SSSR count). The highest BCUT2D eigenvalue weighted by atomic mass is 35.5. The molecule has 1 atom stereocenters. The van der Waals surface area contributed by atoms with Crippen LogP contribution in [0.5, 0.6) is 0 Å². The molecule has 2 N–H and O–H groups in total. The van der Waals surface area contributed by atoms with Gasteiger partial charge in [-0.05, 0) is 31.0 Å². The Morgan fingerprint density at radius 3 is 3.13 bits per heavy atom. The minimum Gasteiger partial charge on any atom is -0.388 e. The molecule has 1 aromatic rings. The molecule has 3 nitrogen and oxygen atoms in total. The molecule has 1 aliphatic heterocycles. The van der Waals surface area contributed by atoms with E-state index in [1.807, 2.05) is 6.07 Å². The van der Waals surface area contributed by atoms with Crippen LogP contribution in [0.15, 0.2) is 18.5 Å². The van der Waals surface area contributed by atoms with E-state index in [-0.39, 0.29) is 0 Å².